The Kier molecular flexibility index (Phi) is 5.16. The van der Waals surface area contributed by atoms with Crippen molar-refractivity contribution in [1.29, 1.82) is 0 Å². The first-order valence-electron chi connectivity index (χ1n) is 6.90. The Balaban J connectivity index is 2.10. The molecule has 1 unspecified atom stereocenters. The fourth-order valence-electron chi connectivity index (χ4n) is 2.39. The van der Waals surface area contributed by atoms with Gasteiger partial charge in [-0.3, -0.25) is 14.5 Å². The molecule has 2 amide bonds. The number of anilines is 1. The minimum absolute atomic E-state index is 0.0351. The lowest BCUT2D eigenvalue weighted by molar-refractivity contribution is -0.124. The SMILES string of the molecule is COCCNC(=O)C1CCC(=O)N1c1ccc(OC)cc1. The molecular weight excluding hydrogens is 272 g/mol. The maximum absolute atomic E-state index is 12.2. The first-order valence-corrected chi connectivity index (χ1v) is 6.90. The molecular formula is C15H20N2O4. The third-order valence-electron chi connectivity index (χ3n) is 3.47. The first-order chi connectivity index (χ1) is 10.2. The van der Waals surface area contributed by atoms with Gasteiger partial charge in [0.2, 0.25) is 11.8 Å². The van der Waals surface area contributed by atoms with Crippen LogP contribution in [0.4, 0.5) is 5.69 Å². The average Bonchev–Trinajstić information content (AvgIpc) is 2.89. The second-order valence-corrected chi connectivity index (χ2v) is 4.80. The highest BCUT2D eigenvalue weighted by atomic mass is 16.5. The molecule has 1 aliphatic heterocycles. The van der Waals surface area contributed by atoms with Crippen molar-refractivity contribution in [2.24, 2.45) is 0 Å². The van der Waals surface area contributed by atoms with Crippen molar-refractivity contribution in [3.8, 4) is 5.75 Å². The van der Waals surface area contributed by atoms with E-state index >= 15 is 0 Å². The highest BCUT2D eigenvalue weighted by Gasteiger charge is 2.36. The normalized spacial score (nSPS) is 17.9. The smallest absolute Gasteiger partial charge is 0.243 e. The number of benzene rings is 1. The van der Waals surface area contributed by atoms with E-state index in [1.54, 1.807) is 43.4 Å². The van der Waals surface area contributed by atoms with Gasteiger partial charge in [-0.15, -0.1) is 0 Å². The minimum Gasteiger partial charge on any atom is -0.497 e. The van der Waals surface area contributed by atoms with Crippen LogP contribution in [-0.4, -0.2) is 45.2 Å². The summed E-state index contributed by atoms with van der Waals surface area (Å²) in [4.78, 5) is 25.8. The number of hydrogen-bond donors (Lipinski definition) is 1. The van der Waals surface area contributed by atoms with Gasteiger partial charge in [-0.05, 0) is 30.7 Å². The molecule has 0 aromatic heterocycles. The molecule has 0 radical (unpaired) electrons. The topological polar surface area (TPSA) is 67.9 Å². The molecule has 1 heterocycles. The zero-order chi connectivity index (χ0) is 15.2. The molecule has 2 rings (SSSR count). The summed E-state index contributed by atoms with van der Waals surface area (Å²) in [5, 5.41) is 2.79. The van der Waals surface area contributed by atoms with Crippen molar-refractivity contribution in [3.05, 3.63) is 24.3 Å². The van der Waals surface area contributed by atoms with Crippen molar-refractivity contribution >= 4 is 17.5 Å². The molecule has 21 heavy (non-hydrogen) atoms. The van der Waals surface area contributed by atoms with Gasteiger partial charge in [0.15, 0.2) is 0 Å². The van der Waals surface area contributed by atoms with E-state index in [9.17, 15) is 9.59 Å². The predicted molar refractivity (Wildman–Crippen MR) is 78.4 cm³/mol. The second kappa shape index (κ2) is 7.08. The average molecular weight is 292 g/mol. The quantitative estimate of drug-likeness (QED) is 0.793. The van der Waals surface area contributed by atoms with Crippen LogP contribution in [0.1, 0.15) is 12.8 Å². The van der Waals surface area contributed by atoms with E-state index in [1.807, 2.05) is 0 Å². The van der Waals surface area contributed by atoms with Crippen LogP contribution in [-0.2, 0) is 14.3 Å². The number of carbonyl (C=O) groups is 2. The summed E-state index contributed by atoms with van der Waals surface area (Å²) < 4.78 is 10.0. The van der Waals surface area contributed by atoms with Crippen LogP contribution in [0.3, 0.4) is 0 Å². The number of amides is 2. The van der Waals surface area contributed by atoms with Gasteiger partial charge in [-0.2, -0.15) is 0 Å². The van der Waals surface area contributed by atoms with Gasteiger partial charge in [-0.1, -0.05) is 0 Å². The zero-order valence-corrected chi connectivity index (χ0v) is 12.3. The number of rotatable bonds is 6. The Hall–Kier alpha value is -2.08. The lowest BCUT2D eigenvalue weighted by Crippen LogP contribution is -2.45. The summed E-state index contributed by atoms with van der Waals surface area (Å²) in [6.07, 6.45) is 0.915. The van der Waals surface area contributed by atoms with Crippen molar-refractivity contribution in [3.63, 3.8) is 0 Å². The van der Waals surface area contributed by atoms with Gasteiger partial charge < -0.3 is 14.8 Å². The number of methoxy groups -OCH3 is 2. The van der Waals surface area contributed by atoms with Gasteiger partial charge in [0, 0.05) is 25.8 Å². The van der Waals surface area contributed by atoms with Crippen molar-refractivity contribution in [1.82, 2.24) is 5.32 Å². The number of carbonyl (C=O) groups excluding carboxylic acids is 2. The van der Waals surface area contributed by atoms with Crippen LogP contribution in [0.25, 0.3) is 0 Å². The predicted octanol–water partition coefficient (Wildman–Crippen LogP) is 0.953. The standard InChI is InChI=1S/C15H20N2O4/c1-20-10-9-16-15(19)13-7-8-14(18)17(13)11-3-5-12(21-2)6-4-11/h3-6,13H,7-10H2,1-2H3,(H,16,19). The van der Waals surface area contributed by atoms with Gasteiger partial charge in [0.25, 0.3) is 0 Å². The van der Waals surface area contributed by atoms with Gasteiger partial charge in [0.1, 0.15) is 11.8 Å². The van der Waals surface area contributed by atoms with E-state index in [-0.39, 0.29) is 11.8 Å². The molecule has 114 valence electrons. The summed E-state index contributed by atoms with van der Waals surface area (Å²) in [7, 11) is 3.16. The molecule has 1 aliphatic rings. The summed E-state index contributed by atoms with van der Waals surface area (Å²) in [5.41, 5.74) is 0.713. The molecule has 0 bridgehead atoms. The molecule has 1 aromatic rings. The molecule has 1 atom stereocenters. The number of hydrogen-bond acceptors (Lipinski definition) is 4. The highest BCUT2D eigenvalue weighted by molar-refractivity contribution is 6.03. The molecule has 1 fully saturated rings. The maximum atomic E-state index is 12.2. The lowest BCUT2D eigenvalue weighted by atomic mass is 10.2. The minimum atomic E-state index is -0.456. The van der Waals surface area contributed by atoms with Crippen LogP contribution in [0.5, 0.6) is 5.75 Å². The maximum Gasteiger partial charge on any atom is 0.243 e. The van der Waals surface area contributed by atoms with Crippen molar-refractivity contribution in [2.45, 2.75) is 18.9 Å². The van der Waals surface area contributed by atoms with Crippen LogP contribution < -0.4 is 15.0 Å². The van der Waals surface area contributed by atoms with E-state index in [0.717, 1.165) is 0 Å². The third-order valence-corrected chi connectivity index (χ3v) is 3.47. The summed E-state index contributed by atoms with van der Waals surface area (Å²) >= 11 is 0. The van der Waals surface area contributed by atoms with E-state index < -0.39 is 6.04 Å². The Morgan fingerprint density at radius 1 is 1.33 bits per heavy atom. The van der Waals surface area contributed by atoms with E-state index in [2.05, 4.69) is 5.32 Å². The molecule has 0 saturated carbocycles. The zero-order valence-electron chi connectivity index (χ0n) is 12.3. The van der Waals surface area contributed by atoms with Crippen LogP contribution in [0, 0.1) is 0 Å². The van der Waals surface area contributed by atoms with Crippen LogP contribution >= 0.6 is 0 Å². The largest absolute Gasteiger partial charge is 0.497 e. The summed E-state index contributed by atoms with van der Waals surface area (Å²) in [5.74, 6) is 0.535. The number of nitrogens with zero attached hydrogens (tertiary/aromatic N) is 1. The lowest BCUT2D eigenvalue weighted by Gasteiger charge is -2.24. The van der Waals surface area contributed by atoms with E-state index in [0.29, 0.717) is 37.4 Å². The molecule has 1 saturated heterocycles. The Bertz CT molecular complexity index is 501. The molecule has 1 aromatic carbocycles. The second-order valence-electron chi connectivity index (χ2n) is 4.80. The Morgan fingerprint density at radius 3 is 2.67 bits per heavy atom. The van der Waals surface area contributed by atoms with Crippen molar-refractivity contribution in [2.75, 3.05) is 32.3 Å². The first kappa shape index (κ1) is 15.3. The van der Waals surface area contributed by atoms with Gasteiger partial charge in [-0.25, -0.2) is 0 Å². The van der Waals surface area contributed by atoms with Crippen LogP contribution in [0.2, 0.25) is 0 Å². The van der Waals surface area contributed by atoms with Gasteiger partial charge in [0.05, 0.1) is 13.7 Å². The monoisotopic (exact) mass is 292 g/mol. The molecule has 6 nitrogen and oxygen atoms in total. The number of ether oxygens (including phenoxy) is 2. The summed E-state index contributed by atoms with van der Waals surface area (Å²) in [6, 6.07) is 6.68. The Morgan fingerprint density at radius 2 is 2.05 bits per heavy atom. The van der Waals surface area contributed by atoms with Gasteiger partial charge >= 0.3 is 0 Å². The summed E-state index contributed by atoms with van der Waals surface area (Å²) in [6.45, 7) is 0.894. The van der Waals surface area contributed by atoms with Crippen molar-refractivity contribution < 1.29 is 19.1 Å². The van der Waals surface area contributed by atoms with E-state index in [1.165, 1.54) is 0 Å². The van der Waals surface area contributed by atoms with Crippen LogP contribution in [0.15, 0.2) is 24.3 Å². The molecule has 1 N–H and O–H groups in total. The molecule has 0 aliphatic carbocycles. The fraction of sp³-hybridized carbons (Fsp3) is 0.467. The molecule has 6 heteroatoms. The van der Waals surface area contributed by atoms with E-state index in [4.69, 9.17) is 9.47 Å². The number of nitrogens with one attached hydrogen (secondary N) is 1. The Labute approximate surface area is 124 Å². The molecule has 0 spiro atoms. The highest BCUT2D eigenvalue weighted by Crippen LogP contribution is 2.28. The fourth-order valence-corrected chi connectivity index (χ4v) is 2.39. The third kappa shape index (κ3) is 3.52.